The monoisotopic (exact) mass is 212 g/mol. The molecule has 2 nitrogen and oxygen atoms in total. The lowest BCUT2D eigenvalue weighted by Crippen LogP contribution is -2.48. The molecule has 0 saturated heterocycles. The molecule has 0 spiro atoms. The van der Waals surface area contributed by atoms with Gasteiger partial charge in [-0.2, -0.15) is 0 Å². The minimum absolute atomic E-state index is 0.575. The van der Waals surface area contributed by atoms with Crippen molar-refractivity contribution in [2.75, 3.05) is 26.2 Å². The SMILES string of the molecule is CC=CCC(N(CC)CC)N(CC)CC. The van der Waals surface area contributed by atoms with Gasteiger partial charge in [-0.3, -0.25) is 9.80 Å². The van der Waals surface area contributed by atoms with E-state index in [1.54, 1.807) is 0 Å². The van der Waals surface area contributed by atoms with Gasteiger partial charge < -0.3 is 0 Å². The van der Waals surface area contributed by atoms with Gasteiger partial charge >= 0.3 is 0 Å². The Kier molecular flexibility index (Phi) is 8.73. The van der Waals surface area contributed by atoms with E-state index in [0.29, 0.717) is 6.17 Å². The van der Waals surface area contributed by atoms with Crippen LogP contribution in [0, 0.1) is 0 Å². The number of hydrogen-bond donors (Lipinski definition) is 0. The van der Waals surface area contributed by atoms with Gasteiger partial charge in [0.25, 0.3) is 0 Å². The highest BCUT2D eigenvalue weighted by atomic mass is 15.3. The summed E-state index contributed by atoms with van der Waals surface area (Å²) in [5.74, 6) is 0. The Bertz CT molecular complexity index is 146. The second-order valence-corrected chi connectivity index (χ2v) is 3.73. The predicted octanol–water partition coefficient (Wildman–Crippen LogP) is 2.96. The Morgan fingerprint density at radius 1 is 0.867 bits per heavy atom. The first-order chi connectivity index (χ1) is 7.24. The summed E-state index contributed by atoms with van der Waals surface area (Å²) >= 11 is 0. The van der Waals surface area contributed by atoms with Crippen molar-refractivity contribution in [2.45, 2.75) is 47.2 Å². The molecule has 0 amide bonds. The Morgan fingerprint density at radius 3 is 1.53 bits per heavy atom. The molecule has 0 rings (SSSR count). The van der Waals surface area contributed by atoms with E-state index in [4.69, 9.17) is 0 Å². The molecule has 0 aromatic carbocycles. The lowest BCUT2D eigenvalue weighted by Gasteiger charge is -2.37. The van der Waals surface area contributed by atoms with Gasteiger partial charge in [0.1, 0.15) is 0 Å². The summed E-state index contributed by atoms with van der Waals surface area (Å²) in [6.45, 7) is 15.6. The van der Waals surface area contributed by atoms with Crippen molar-refractivity contribution in [3.05, 3.63) is 12.2 Å². The van der Waals surface area contributed by atoms with Crippen LogP contribution in [0.3, 0.4) is 0 Å². The summed E-state index contributed by atoms with van der Waals surface area (Å²) in [4.78, 5) is 5.07. The van der Waals surface area contributed by atoms with Crippen LogP contribution in [0.25, 0.3) is 0 Å². The summed E-state index contributed by atoms with van der Waals surface area (Å²) in [6.07, 6.45) is 6.15. The first kappa shape index (κ1) is 14.7. The molecule has 0 aromatic heterocycles. The van der Waals surface area contributed by atoms with E-state index in [-0.39, 0.29) is 0 Å². The molecule has 0 aliphatic heterocycles. The third-order valence-corrected chi connectivity index (χ3v) is 3.05. The Balaban J connectivity index is 4.51. The van der Waals surface area contributed by atoms with Gasteiger partial charge in [-0.1, -0.05) is 39.8 Å². The molecule has 0 radical (unpaired) electrons. The van der Waals surface area contributed by atoms with Crippen molar-refractivity contribution >= 4 is 0 Å². The van der Waals surface area contributed by atoms with Crippen LogP contribution in [0.1, 0.15) is 41.0 Å². The van der Waals surface area contributed by atoms with E-state index in [2.05, 4.69) is 56.6 Å². The van der Waals surface area contributed by atoms with Crippen LogP contribution in [-0.4, -0.2) is 42.1 Å². The van der Waals surface area contributed by atoms with Gasteiger partial charge in [-0.15, -0.1) is 0 Å². The molecule has 0 aromatic rings. The number of rotatable bonds is 8. The van der Waals surface area contributed by atoms with Crippen LogP contribution in [0.15, 0.2) is 12.2 Å². The first-order valence-corrected chi connectivity index (χ1v) is 6.34. The number of allylic oxidation sites excluding steroid dienone is 1. The van der Waals surface area contributed by atoms with Gasteiger partial charge in [-0.05, 0) is 39.5 Å². The average molecular weight is 212 g/mol. The molecule has 0 fully saturated rings. The van der Waals surface area contributed by atoms with Crippen molar-refractivity contribution in [2.24, 2.45) is 0 Å². The van der Waals surface area contributed by atoms with Crippen molar-refractivity contribution in [3.63, 3.8) is 0 Å². The molecular weight excluding hydrogens is 184 g/mol. The topological polar surface area (TPSA) is 6.48 Å². The third kappa shape index (κ3) is 4.80. The zero-order chi connectivity index (χ0) is 11.7. The van der Waals surface area contributed by atoms with Gasteiger partial charge in [-0.25, -0.2) is 0 Å². The molecule has 0 N–H and O–H groups in total. The molecule has 0 bridgehead atoms. The quantitative estimate of drug-likeness (QED) is 0.451. The van der Waals surface area contributed by atoms with E-state index < -0.39 is 0 Å². The van der Waals surface area contributed by atoms with E-state index in [9.17, 15) is 0 Å². The normalized spacial score (nSPS) is 12.5. The van der Waals surface area contributed by atoms with E-state index in [1.165, 1.54) is 0 Å². The fraction of sp³-hybridized carbons (Fsp3) is 0.846. The molecule has 0 aliphatic rings. The van der Waals surface area contributed by atoms with Crippen LogP contribution < -0.4 is 0 Å². The maximum absolute atomic E-state index is 2.53. The zero-order valence-corrected chi connectivity index (χ0v) is 11.2. The minimum atomic E-state index is 0.575. The summed E-state index contributed by atoms with van der Waals surface area (Å²) in [5.41, 5.74) is 0. The molecule has 2 heteroatoms. The molecular formula is C13H28N2. The Morgan fingerprint density at radius 2 is 1.27 bits per heavy atom. The molecule has 0 aliphatic carbocycles. The highest BCUT2D eigenvalue weighted by molar-refractivity contribution is 4.84. The van der Waals surface area contributed by atoms with Crippen molar-refractivity contribution in [3.8, 4) is 0 Å². The fourth-order valence-electron chi connectivity index (χ4n) is 2.08. The van der Waals surface area contributed by atoms with Gasteiger partial charge in [0, 0.05) is 0 Å². The number of hydrogen-bond acceptors (Lipinski definition) is 2. The Labute approximate surface area is 95.9 Å². The van der Waals surface area contributed by atoms with Crippen molar-refractivity contribution < 1.29 is 0 Å². The van der Waals surface area contributed by atoms with Crippen LogP contribution >= 0.6 is 0 Å². The summed E-state index contributed by atoms with van der Waals surface area (Å²) < 4.78 is 0. The predicted molar refractivity (Wildman–Crippen MR) is 69.1 cm³/mol. The molecule has 0 atom stereocenters. The van der Waals surface area contributed by atoms with Crippen LogP contribution in [-0.2, 0) is 0 Å². The summed E-state index contributed by atoms with van der Waals surface area (Å²) in [6, 6.07) is 0. The van der Waals surface area contributed by atoms with Gasteiger partial charge in [0.2, 0.25) is 0 Å². The maximum Gasteiger partial charge on any atom is 0.0657 e. The molecule has 0 unspecified atom stereocenters. The van der Waals surface area contributed by atoms with Gasteiger partial charge in [0.05, 0.1) is 6.17 Å². The second kappa shape index (κ2) is 8.93. The van der Waals surface area contributed by atoms with Crippen molar-refractivity contribution in [1.82, 2.24) is 9.80 Å². The smallest absolute Gasteiger partial charge is 0.0657 e. The zero-order valence-electron chi connectivity index (χ0n) is 11.2. The van der Waals surface area contributed by atoms with Crippen molar-refractivity contribution in [1.29, 1.82) is 0 Å². The largest absolute Gasteiger partial charge is 0.288 e. The molecule has 0 heterocycles. The standard InChI is InChI=1S/C13H28N2/c1-6-11-12-13(14(7-2)8-3)15(9-4)10-5/h6,11,13H,7-10,12H2,1-5H3. The number of nitrogens with zero attached hydrogens (tertiary/aromatic N) is 2. The minimum Gasteiger partial charge on any atom is -0.288 e. The van der Waals surface area contributed by atoms with Gasteiger partial charge in [0.15, 0.2) is 0 Å². The summed E-state index contributed by atoms with van der Waals surface area (Å²) in [7, 11) is 0. The van der Waals surface area contributed by atoms with Crippen LogP contribution in [0.2, 0.25) is 0 Å². The average Bonchev–Trinajstić information content (AvgIpc) is 2.28. The molecule has 15 heavy (non-hydrogen) atoms. The van der Waals surface area contributed by atoms with E-state index in [1.807, 2.05) is 0 Å². The lowest BCUT2D eigenvalue weighted by atomic mass is 10.2. The third-order valence-electron chi connectivity index (χ3n) is 3.05. The maximum atomic E-state index is 2.53. The first-order valence-electron chi connectivity index (χ1n) is 6.34. The van der Waals surface area contributed by atoms with Crippen LogP contribution in [0.5, 0.6) is 0 Å². The second-order valence-electron chi connectivity index (χ2n) is 3.73. The molecule has 0 saturated carbocycles. The highest BCUT2D eigenvalue weighted by Gasteiger charge is 2.19. The van der Waals surface area contributed by atoms with Crippen LogP contribution in [0.4, 0.5) is 0 Å². The Hall–Kier alpha value is -0.340. The highest BCUT2D eigenvalue weighted by Crippen LogP contribution is 2.10. The van der Waals surface area contributed by atoms with E-state index in [0.717, 1.165) is 32.6 Å². The molecule has 90 valence electrons. The fourth-order valence-corrected chi connectivity index (χ4v) is 2.08. The van der Waals surface area contributed by atoms with E-state index >= 15 is 0 Å². The lowest BCUT2D eigenvalue weighted by molar-refractivity contribution is 0.0590. The summed E-state index contributed by atoms with van der Waals surface area (Å²) in [5, 5.41) is 0.